The minimum Gasteiger partial charge on any atom is -0.474 e. The van der Waals surface area contributed by atoms with E-state index in [1.807, 2.05) is 30.0 Å². The highest BCUT2D eigenvalue weighted by atomic mass is 19.4. The summed E-state index contributed by atoms with van der Waals surface area (Å²) < 4.78 is 46.2. The summed E-state index contributed by atoms with van der Waals surface area (Å²) in [5, 5.41) is 3.76. The molecule has 136 valence electrons. The van der Waals surface area contributed by atoms with Crippen molar-refractivity contribution in [3.8, 4) is 5.88 Å². The molecule has 8 heteroatoms. The number of halogens is 3. The van der Waals surface area contributed by atoms with Gasteiger partial charge in [0.15, 0.2) is 0 Å². The molecule has 1 saturated heterocycles. The molecule has 0 atom stereocenters. The first-order chi connectivity index (χ1) is 11.8. The molecule has 1 aliphatic rings. The van der Waals surface area contributed by atoms with Gasteiger partial charge in [-0.2, -0.15) is 18.3 Å². The molecule has 1 aliphatic heterocycles. The number of hydrogen-bond donors (Lipinski definition) is 0. The predicted molar refractivity (Wildman–Crippen MR) is 86.1 cm³/mol. The van der Waals surface area contributed by atoms with Gasteiger partial charge in [0.2, 0.25) is 5.88 Å². The van der Waals surface area contributed by atoms with Crippen LogP contribution in [0.5, 0.6) is 5.88 Å². The Morgan fingerprint density at radius 2 is 1.96 bits per heavy atom. The van der Waals surface area contributed by atoms with Crippen LogP contribution in [0.15, 0.2) is 24.4 Å². The van der Waals surface area contributed by atoms with E-state index in [1.54, 1.807) is 0 Å². The van der Waals surface area contributed by atoms with E-state index in [0.717, 1.165) is 23.2 Å². The molecule has 0 N–H and O–H groups in total. The summed E-state index contributed by atoms with van der Waals surface area (Å²) in [6.07, 6.45) is -1.52. The number of aryl methyl sites for hydroxylation is 2. The highest BCUT2D eigenvalue weighted by molar-refractivity contribution is 5.21. The second-order valence-electron chi connectivity index (χ2n) is 6.35. The van der Waals surface area contributed by atoms with E-state index < -0.39 is 11.9 Å². The smallest absolute Gasteiger partial charge is 0.433 e. The topological polar surface area (TPSA) is 43.2 Å². The van der Waals surface area contributed by atoms with Crippen LogP contribution in [0.4, 0.5) is 13.2 Å². The minimum atomic E-state index is -4.39. The molecule has 3 heterocycles. The second-order valence-corrected chi connectivity index (χ2v) is 6.35. The molecule has 0 aromatic carbocycles. The van der Waals surface area contributed by atoms with E-state index in [2.05, 4.69) is 10.1 Å². The van der Waals surface area contributed by atoms with Crippen molar-refractivity contribution < 1.29 is 17.9 Å². The molecule has 0 spiro atoms. The Bertz CT molecular complexity index is 721. The fourth-order valence-corrected chi connectivity index (χ4v) is 3.14. The largest absolute Gasteiger partial charge is 0.474 e. The standard InChI is InChI=1S/C17H21F3N4O/c1-12-4-3-5-15(22-12)25-14-6-8-24(9-7-14)11-13-10-21-23(2)16(13)17(18,19)20/h3-5,10,14H,6-9,11H2,1-2H3. The van der Waals surface area contributed by atoms with Crippen molar-refractivity contribution in [2.24, 2.45) is 7.05 Å². The van der Waals surface area contributed by atoms with Gasteiger partial charge in [-0.15, -0.1) is 0 Å². The van der Waals surface area contributed by atoms with Crippen LogP contribution in [0.3, 0.4) is 0 Å². The van der Waals surface area contributed by atoms with Crippen molar-refractivity contribution in [2.45, 2.75) is 38.6 Å². The summed E-state index contributed by atoms with van der Waals surface area (Å²) >= 11 is 0. The third-order valence-corrected chi connectivity index (χ3v) is 4.36. The van der Waals surface area contributed by atoms with Gasteiger partial charge in [0.05, 0.1) is 6.20 Å². The molecule has 2 aromatic heterocycles. The average Bonchev–Trinajstić information content (AvgIpc) is 2.90. The lowest BCUT2D eigenvalue weighted by Gasteiger charge is -2.31. The zero-order valence-electron chi connectivity index (χ0n) is 14.3. The summed E-state index contributed by atoms with van der Waals surface area (Å²) in [6.45, 7) is 3.52. The number of alkyl halides is 3. The van der Waals surface area contributed by atoms with Gasteiger partial charge in [-0.05, 0) is 25.8 Å². The molecule has 0 aliphatic carbocycles. The van der Waals surface area contributed by atoms with Crippen molar-refractivity contribution in [1.29, 1.82) is 0 Å². The third kappa shape index (κ3) is 4.31. The Hall–Kier alpha value is -2.09. The van der Waals surface area contributed by atoms with Crippen LogP contribution in [0.1, 0.15) is 29.8 Å². The first-order valence-corrected chi connectivity index (χ1v) is 8.23. The monoisotopic (exact) mass is 354 g/mol. The van der Waals surface area contributed by atoms with Crippen molar-refractivity contribution in [2.75, 3.05) is 13.1 Å². The highest BCUT2D eigenvalue weighted by Crippen LogP contribution is 2.32. The maximum Gasteiger partial charge on any atom is 0.433 e. The Balaban J connectivity index is 1.57. The number of nitrogens with zero attached hydrogens (tertiary/aromatic N) is 4. The predicted octanol–water partition coefficient (Wildman–Crippen LogP) is 3.19. The molecule has 0 unspecified atom stereocenters. The van der Waals surface area contributed by atoms with E-state index in [-0.39, 0.29) is 18.2 Å². The molecule has 5 nitrogen and oxygen atoms in total. The molecule has 0 amide bonds. The maximum absolute atomic E-state index is 13.1. The lowest BCUT2D eigenvalue weighted by atomic mass is 10.1. The first-order valence-electron chi connectivity index (χ1n) is 8.23. The van der Waals surface area contributed by atoms with Gasteiger partial charge in [0.1, 0.15) is 11.8 Å². The molecule has 25 heavy (non-hydrogen) atoms. The summed E-state index contributed by atoms with van der Waals surface area (Å²) in [5.74, 6) is 0.602. The van der Waals surface area contributed by atoms with E-state index in [4.69, 9.17) is 4.74 Å². The quantitative estimate of drug-likeness (QED) is 0.846. The van der Waals surface area contributed by atoms with Crippen molar-refractivity contribution >= 4 is 0 Å². The molecule has 0 bridgehead atoms. The second kappa shape index (κ2) is 7.03. The van der Waals surface area contributed by atoms with Gasteiger partial charge >= 0.3 is 6.18 Å². The highest BCUT2D eigenvalue weighted by Gasteiger charge is 2.37. The number of aromatic nitrogens is 3. The number of ether oxygens (including phenoxy) is 1. The normalized spacial score (nSPS) is 17.0. The molecule has 1 fully saturated rings. The van der Waals surface area contributed by atoms with E-state index in [1.165, 1.54) is 13.2 Å². The van der Waals surface area contributed by atoms with Gasteiger partial charge in [-0.25, -0.2) is 4.98 Å². The van der Waals surface area contributed by atoms with Crippen LogP contribution in [0.2, 0.25) is 0 Å². The third-order valence-electron chi connectivity index (χ3n) is 4.36. The fourth-order valence-electron chi connectivity index (χ4n) is 3.14. The number of piperidine rings is 1. The van der Waals surface area contributed by atoms with Crippen LogP contribution >= 0.6 is 0 Å². The zero-order valence-corrected chi connectivity index (χ0v) is 14.3. The Morgan fingerprint density at radius 1 is 1.24 bits per heavy atom. The first kappa shape index (κ1) is 17.7. The Labute approximate surface area is 144 Å². The van der Waals surface area contributed by atoms with E-state index in [9.17, 15) is 13.2 Å². The Morgan fingerprint density at radius 3 is 2.60 bits per heavy atom. The number of pyridine rings is 1. The summed E-state index contributed by atoms with van der Waals surface area (Å²) in [6, 6.07) is 5.63. The summed E-state index contributed by atoms with van der Waals surface area (Å²) in [7, 11) is 1.32. The summed E-state index contributed by atoms with van der Waals surface area (Å²) in [5.41, 5.74) is 0.441. The average molecular weight is 354 g/mol. The summed E-state index contributed by atoms with van der Waals surface area (Å²) in [4.78, 5) is 6.33. The lowest BCUT2D eigenvalue weighted by molar-refractivity contribution is -0.144. The molecule has 3 rings (SSSR count). The van der Waals surface area contributed by atoms with Crippen LogP contribution in [0, 0.1) is 6.92 Å². The van der Waals surface area contributed by atoms with Crippen LogP contribution in [-0.2, 0) is 19.8 Å². The zero-order chi connectivity index (χ0) is 18.0. The van der Waals surface area contributed by atoms with Gasteiger partial charge < -0.3 is 4.74 Å². The lowest BCUT2D eigenvalue weighted by Crippen LogP contribution is -2.38. The van der Waals surface area contributed by atoms with E-state index in [0.29, 0.717) is 19.0 Å². The van der Waals surface area contributed by atoms with Gasteiger partial charge in [0.25, 0.3) is 0 Å². The SMILES string of the molecule is Cc1cccc(OC2CCN(Cc3cnn(C)c3C(F)(F)F)CC2)n1. The van der Waals surface area contributed by atoms with Gasteiger partial charge in [-0.3, -0.25) is 9.58 Å². The van der Waals surface area contributed by atoms with Crippen molar-refractivity contribution in [1.82, 2.24) is 19.7 Å². The molecular formula is C17H21F3N4O. The number of rotatable bonds is 4. The Kier molecular flexibility index (Phi) is 4.99. The van der Waals surface area contributed by atoms with Crippen molar-refractivity contribution in [3.63, 3.8) is 0 Å². The van der Waals surface area contributed by atoms with Crippen molar-refractivity contribution in [3.05, 3.63) is 41.3 Å². The molecular weight excluding hydrogens is 333 g/mol. The number of hydrogen-bond acceptors (Lipinski definition) is 4. The fraction of sp³-hybridized carbons (Fsp3) is 0.529. The maximum atomic E-state index is 13.1. The van der Waals surface area contributed by atoms with E-state index >= 15 is 0 Å². The van der Waals surface area contributed by atoms with Crippen LogP contribution in [-0.4, -0.2) is 38.9 Å². The van der Waals surface area contributed by atoms with Gasteiger partial charge in [-0.1, -0.05) is 6.07 Å². The number of likely N-dealkylation sites (tertiary alicyclic amines) is 1. The van der Waals surface area contributed by atoms with Gasteiger partial charge in [0, 0.05) is 44.0 Å². The molecule has 0 radical (unpaired) electrons. The van der Waals surface area contributed by atoms with Crippen LogP contribution in [0.25, 0.3) is 0 Å². The molecule has 0 saturated carbocycles. The molecule has 2 aromatic rings. The minimum absolute atomic E-state index is 0.0431. The van der Waals surface area contributed by atoms with Crippen LogP contribution < -0.4 is 4.74 Å².